The Labute approximate surface area is 185 Å². The Hall–Kier alpha value is -2.69. The number of esters is 1. The molecule has 0 radical (unpaired) electrons. The molecule has 2 aromatic rings. The number of anilines is 2. The molecule has 0 aromatic heterocycles. The van der Waals surface area contributed by atoms with E-state index in [0.29, 0.717) is 17.9 Å². The van der Waals surface area contributed by atoms with E-state index in [1.165, 1.54) is 42.5 Å². The van der Waals surface area contributed by atoms with Gasteiger partial charge in [0.15, 0.2) is 0 Å². The normalized spacial score (nSPS) is 16.3. The molecular formula is C26H34N2O3. The minimum atomic E-state index is -0.527. The number of carbonyl (C=O) groups is 1. The van der Waals surface area contributed by atoms with E-state index in [2.05, 4.69) is 28.4 Å². The highest BCUT2D eigenvalue weighted by molar-refractivity contribution is 5.91. The van der Waals surface area contributed by atoms with Crippen LogP contribution in [0.2, 0.25) is 0 Å². The Morgan fingerprint density at radius 2 is 1.84 bits per heavy atom. The molecule has 31 heavy (non-hydrogen) atoms. The molecule has 0 unspecified atom stereocenters. The van der Waals surface area contributed by atoms with Crippen molar-refractivity contribution in [3.63, 3.8) is 0 Å². The molecule has 166 valence electrons. The van der Waals surface area contributed by atoms with Gasteiger partial charge in [0.2, 0.25) is 0 Å². The van der Waals surface area contributed by atoms with E-state index in [0.717, 1.165) is 24.7 Å². The Bertz CT molecular complexity index is 938. The highest BCUT2D eigenvalue weighted by atomic mass is 16.6. The molecule has 1 saturated heterocycles. The van der Waals surface area contributed by atoms with E-state index in [-0.39, 0.29) is 5.97 Å². The van der Waals surface area contributed by atoms with E-state index in [1.807, 2.05) is 26.8 Å². The van der Waals surface area contributed by atoms with Gasteiger partial charge in [0.25, 0.3) is 0 Å². The first kappa shape index (κ1) is 21.5. The first-order valence-corrected chi connectivity index (χ1v) is 11.4. The van der Waals surface area contributed by atoms with Crippen molar-refractivity contribution in [3.8, 4) is 5.75 Å². The van der Waals surface area contributed by atoms with Crippen LogP contribution in [0.4, 0.5) is 11.4 Å². The third kappa shape index (κ3) is 5.52. The van der Waals surface area contributed by atoms with Gasteiger partial charge in [-0.25, -0.2) is 4.79 Å². The number of nitrogens with zero attached hydrogens (tertiary/aromatic N) is 1. The molecule has 5 heteroatoms. The summed E-state index contributed by atoms with van der Waals surface area (Å²) < 4.78 is 11.0. The highest BCUT2D eigenvalue weighted by Crippen LogP contribution is 2.42. The predicted molar refractivity (Wildman–Crippen MR) is 125 cm³/mol. The summed E-state index contributed by atoms with van der Waals surface area (Å²) >= 11 is 0. The fraction of sp³-hybridized carbons (Fsp3) is 0.500. The van der Waals surface area contributed by atoms with Gasteiger partial charge in [-0.15, -0.1) is 0 Å². The molecule has 1 aliphatic heterocycles. The predicted octanol–water partition coefficient (Wildman–Crippen LogP) is 5.74. The fourth-order valence-corrected chi connectivity index (χ4v) is 4.11. The minimum Gasteiger partial charge on any atom is -0.495 e. The maximum absolute atomic E-state index is 12.4. The summed E-state index contributed by atoms with van der Waals surface area (Å²) in [5.74, 6) is 1.02. The van der Waals surface area contributed by atoms with Gasteiger partial charge < -0.3 is 19.7 Å². The summed E-state index contributed by atoms with van der Waals surface area (Å²) in [7, 11) is 1.62. The van der Waals surface area contributed by atoms with Crippen molar-refractivity contribution < 1.29 is 14.3 Å². The second-order valence-electron chi connectivity index (χ2n) is 9.67. The summed E-state index contributed by atoms with van der Waals surface area (Å²) in [6.45, 7) is 8.62. The maximum Gasteiger partial charge on any atom is 0.338 e. The van der Waals surface area contributed by atoms with Gasteiger partial charge in [0, 0.05) is 25.3 Å². The lowest BCUT2D eigenvalue weighted by molar-refractivity contribution is 0.00692. The van der Waals surface area contributed by atoms with Crippen LogP contribution in [0.5, 0.6) is 5.75 Å². The highest BCUT2D eigenvalue weighted by Gasteiger charge is 2.25. The summed E-state index contributed by atoms with van der Waals surface area (Å²) in [5, 5.41) is 3.50. The van der Waals surface area contributed by atoms with Crippen LogP contribution in [0.15, 0.2) is 36.4 Å². The van der Waals surface area contributed by atoms with Crippen molar-refractivity contribution in [2.45, 2.75) is 64.5 Å². The van der Waals surface area contributed by atoms with Gasteiger partial charge in [-0.3, -0.25) is 0 Å². The molecule has 5 nitrogen and oxygen atoms in total. The zero-order valence-electron chi connectivity index (χ0n) is 19.2. The third-order valence-corrected chi connectivity index (χ3v) is 5.84. The number of hydrogen-bond acceptors (Lipinski definition) is 5. The number of rotatable bonds is 7. The molecule has 2 aromatic carbocycles. The maximum atomic E-state index is 12.4. The first-order chi connectivity index (χ1) is 14.8. The first-order valence-electron chi connectivity index (χ1n) is 11.4. The van der Waals surface area contributed by atoms with Crippen molar-refractivity contribution in [2.75, 3.05) is 30.4 Å². The number of ether oxygens (including phenoxy) is 2. The van der Waals surface area contributed by atoms with Crippen LogP contribution in [0.1, 0.15) is 73.9 Å². The SMILES string of the molecule is COc1cc(C(=O)OC(C)(C)C)ccc1NCc1cc(C2CC2)cc(N2CCCC2)c1. The number of methoxy groups -OCH3 is 1. The molecule has 1 aliphatic carbocycles. The Morgan fingerprint density at radius 1 is 1.10 bits per heavy atom. The lowest BCUT2D eigenvalue weighted by atomic mass is 10.0. The van der Waals surface area contributed by atoms with Crippen LogP contribution in [-0.4, -0.2) is 31.8 Å². The van der Waals surface area contributed by atoms with Crippen LogP contribution in [-0.2, 0) is 11.3 Å². The molecule has 1 saturated carbocycles. The van der Waals surface area contributed by atoms with Crippen molar-refractivity contribution >= 4 is 17.3 Å². The lowest BCUT2D eigenvalue weighted by Crippen LogP contribution is -2.23. The van der Waals surface area contributed by atoms with E-state index in [9.17, 15) is 4.79 Å². The summed E-state index contributed by atoms with van der Waals surface area (Å²) in [4.78, 5) is 14.9. The molecular weight excluding hydrogens is 388 g/mol. The minimum absolute atomic E-state index is 0.343. The molecule has 0 bridgehead atoms. The van der Waals surface area contributed by atoms with Gasteiger partial charge in [-0.2, -0.15) is 0 Å². The second-order valence-corrected chi connectivity index (χ2v) is 9.67. The topological polar surface area (TPSA) is 50.8 Å². The van der Waals surface area contributed by atoms with Crippen LogP contribution < -0.4 is 15.0 Å². The fourth-order valence-electron chi connectivity index (χ4n) is 4.11. The van der Waals surface area contributed by atoms with Crippen molar-refractivity contribution in [1.29, 1.82) is 0 Å². The van der Waals surface area contributed by atoms with Crippen LogP contribution >= 0.6 is 0 Å². The van der Waals surface area contributed by atoms with Gasteiger partial charge >= 0.3 is 5.97 Å². The van der Waals surface area contributed by atoms with E-state index in [4.69, 9.17) is 9.47 Å². The monoisotopic (exact) mass is 422 g/mol. The third-order valence-electron chi connectivity index (χ3n) is 5.84. The average molecular weight is 423 g/mol. The van der Waals surface area contributed by atoms with E-state index < -0.39 is 5.60 Å². The van der Waals surface area contributed by atoms with Gasteiger partial charge in [-0.05, 0) is 93.8 Å². The van der Waals surface area contributed by atoms with Crippen molar-refractivity contribution in [3.05, 3.63) is 53.1 Å². The smallest absolute Gasteiger partial charge is 0.338 e. The standard InChI is InChI=1S/C26H34N2O3/c1-26(2,3)31-25(29)20-9-10-23(24(16-20)30-4)27-17-18-13-21(19-7-8-19)15-22(14-18)28-11-5-6-12-28/h9-10,13-16,19,27H,5-8,11-12,17H2,1-4H3. The second kappa shape index (κ2) is 8.81. The lowest BCUT2D eigenvalue weighted by Gasteiger charge is -2.21. The quantitative estimate of drug-likeness (QED) is 0.577. The summed E-state index contributed by atoms with van der Waals surface area (Å²) in [6.07, 6.45) is 5.16. The molecule has 0 spiro atoms. The average Bonchev–Trinajstić information content (AvgIpc) is 3.44. The molecule has 2 aliphatic rings. The zero-order valence-corrected chi connectivity index (χ0v) is 19.2. The zero-order chi connectivity index (χ0) is 22.0. The van der Waals surface area contributed by atoms with Crippen LogP contribution in [0.25, 0.3) is 0 Å². The van der Waals surface area contributed by atoms with Crippen molar-refractivity contribution in [2.24, 2.45) is 0 Å². The molecule has 2 fully saturated rings. The number of hydrogen-bond donors (Lipinski definition) is 1. The molecule has 4 rings (SSSR count). The Balaban J connectivity index is 1.50. The number of carbonyl (C=O) groups excluding carboxylic acids is 1. The largest absolute Gasteiger partial charge is 0.495 e. The Kier molecular flexibility index (Phi) is 6.12. The van der Waals surface area contributed by atoms with E-state index in [1.54, 1.807) is 19.2 Å². The summed E-state index contributed by atoms with van der Waals surface area (Å²) in [5.41, 5.74) is 4.93. The Morgan fingerprint density at radius 3 is 2.48 bits per heavy atom. The van der Waals surface area contributed by atoms with Gasteiger partial charge in [-0.1, -0.05) is 6.07 Å². The van der Waals surface area contributed by atoms with Gasteiger partial charge in [0.05, 0.1) is 18.4 Å². The van der Waals surface area contributed by atoms with Crippen LogP contribution in [0.3, 0.4) is 0 Å². The molecule has 1 N–H and O–H groups in total. The molecule has 0 atom stereocenters. The number of nitrogens with one attached hydrogen (secondary N) is 1. The van der Waals surface area contributed by atoms with Crippen LogP contribution in [0, 0.1) is 0 Å². The van der Waals surface area contributed by atoms with Crippen molar-refractivity contribution in [1.82, 2.24) is 0 Å². The molecule has 1 heterocycles. The molecule has 0 amide bonds. The summed E-state index contributed by atoms with van der Waals surface area (Å²) in [6, 6.07) is 12.5. The van der Waals surface area contributed by atoms with E-state index >= 15 is 0 Å². The number of benzene rings is 2. The van der Waals surface area contributed by atoms with Gasteiger partial charge in [0.1, 0.15) is 11.4 Å².